The van der Waals surface area contributed by atoms with Gasteiger partial charge in [0, 0.05) is 23.9 Å². The van der Waals surface area contributed by atoms with Crippen LogP contribution in [0.25, 0.3) is 0 Å². The lowest BCUT2D eigenvalue weighted by Crippen LogP contribution is -2.49. The summed E-state index contributed by atoms with van der Waals surface area (Å²) in [6.45, 7) is 7.52. The van der Waals surface area contributed by atoms with Crippen molar-refractivity contribution in [2.45, 2.75) is 52.1 Å². The van der Waals surface area contributed by atoms with Gasteiger partial charge in [-0.2, -0.15) is 0 Å². The van der Waals surface area contributed by atoms with Crippen molar-refractivity contribution in [3.63, 3.8) is 0 Å². The zero-order valence-corrected chi connectivity index (χ0v) is 18.3. The molecule has 2 aromatic rings. The summed E-state index contributed by atoms with van der Waals surface area (Å²) in [5, 5.41) is 2.83. The molecule has 2 rings (SSSR count). The first-order chi connectivity index (χ1) is 13.8. The topological polar surface area (TPSA) is 49.4 Å². The van der Waals surface area contributed by atoms with Crippen molar-refractivity contribution in [3.05, 3.63) is 71.0 Å². The molecule has 0 aliphatic rings. The molecule has 0 spiro atoms. The van der Waals surface area contributed by atoms with Crippen molar-refractivity contribution < 1.29 is 14.0 Å². The number of carbonyl (C=O) groups is 2. The number of carbonyl (C=O) groups excluding carboxylic acids is 2. The molecule has 0 aromatic heterocycles. The first kappa shape index (κ1) is 22.9. The molecule has 0 heterocycles. The Bertz CT molecular complexity index is 841. The lowest BCUT2D eigenvalue weighted by molar-refractivity contribution is -0.138. The van der Waals surface area contributed by atoms with Crippen LogP contribution in [-0.2, 0) is 21.9 Å². The van der Waals surface area contributed by atoms with E-state index in [-0.39, 0.29) is 36.0 Å². The Morgan fingerprint density at radius 2 is 1.66 bits per heavy atom. The number of nitrogens with zero attached hydrogens (tertiary/aromatic N) is 1. The van der Waals surface area contributed by atoms with Crippen molar-refractivity contribution in [2.24, 2.45) is 0 Å². The van der Waals surface area contributed by atoms with Crippen LogP contribution in [0.2, 0.25) is 0 Å². The first-order valence-corrected chi connectivity index (χ1v) is 10.9. The van der Waals surface area contributed by atoms with E-state index in [1.54, 1.807) is 25.1 Å². The summed E-state index contributed by atoms with van der Waals surface area (Å²) in [5.74, 6) is 0.127. The second-order valence-corrected chi connectivity index (χ2v) is 8.36. The molecule has 0 aliphatic carbocycles. The second kappa shape index (κ2) is 11.0. The first-order valence-electron chi connectivity index (χ1n) is 9.75. The van der Waals surface area contributed by atoms with Crippen molar-refractivity contribution in [3.8, 4) is 0 Å². The van der Waals surface area contributed by atoms with Gasteiger partial charge in [-0.3, -0.25) is 9.59 Å². The number of amides is 2. The van der Waals surface area contributed by atoms with Gasteiger partial charge in [0.1, 0.15) is 11.9 Å². The number of hydrogen-bond acceptors (Lipinski definition) is 3. The molecule has 0 unspecified atom stereocenters. The quantitative estimate of drug-likeness (QED) is 0.663. The van der Waals surface area contributed by atoms with Crippen molar-refractivity contribution in [1.29, 1.82) is 0 Å². The van der Waals surface area contributed by atoms with Crippen LogP contribution >= 0.6 is 11.8 Å². The van der Waals surface area contributed by atoms with Gasteiger partial charge in [-0.1, -0.05) is 42.5 Å². The van der Waals surface area contributed by atoms with E-state index in [2.05, 4.69) is 5.32 Å². The maximum atomic E-state index is 14.2. The number of benzene rings is 2. The van der Waals surface area contributed by atoms with Gasteiger partial charge in [-0.25, -0.2) is 4.39 Å². The third-order valence-electron chi connectivity index (χ3n) is 4.64. The summed E-state index contributed by atoms with van der Waals surface area (Å²) in [4.78, 5) is 26.9. The predicted molar refractivity (Wildman–Crippen MR) is 117 cm³/mol. The van der Waals surface area contributed by atoms with Gasteiger partial charge < -0.3 is 10.2 Å². The van der Waals surface area contributed by atoms with Gasteiger partial charge in [-0.05, 0) is 44.9 Å². The van der Waals surface area contributed by atoms with Gasteiger partial charge in [0.15, 0.2) is 0 Å². The molecule has 1 atom stereocenters. The number of thioether (sulfide) groups is 1. The van der Waals surface area contributed by atoms with Crippen LogP contribution < -0.4 is 5.32 Å². The highest BCUT2D eigenvalue weighted by molar-refractivity contribution is 7.99. The van der Waals surface area contributed by atoms with E-state index in [1.807, 2.05) is 45.0 Å². The minimum absolute atomic E-state index is 0.0363. The summed E-state index contributed by atoms with van der Waals surface area (Å²) in [6, 6.07) is 13.7. The second-order valence-electron chi connectivity index (χ2n) is 7.37. The van der Waals surface area contributed by atoms with Gasteiger partial charge in [0.05, 0.1) is 5.75 Å². The molecule has 1 N–H and O–H groups in total. The normalized spacial score (nSPS) is 11.9. The Hall–Kier alpha value is -2.34. The number of aryl methyl sites for hydroxylation is 1. The third-order valence-corrected chi connectivity index (χ3v) is 5.61. The van der Waals surface area contributed by atoms with E-state index in [0.717, 1.165) is 0 Å². The van der Waals surface area contributed by atoms with E-state index in [1.165, 1.54) is 33.9 Å². The van der Waals surface area contributed by atoms with Gasteiger partial charge >= 0.3 is 0 Å². The predicted octanol–water partition coefficient (Wildman–Crippen LogP) is 4.31. The molecule has 156 valence electrons. The SMILES string of the molecule is Cc1ccccc1CSCC(=O)N(Cc1ccccc1F)[C@H](C)C(=O)NC(C)C. The fourth-order valence-electron chi connectivity index (χ4n) is 2.90. The summed E-state index contributed by atoms with van der Waals surface area (Å²) >= 11 is 1.50. The van der Waals surface area contributed by atoms with Crippen LogP contribution in [0, 0.1) is 12.7 Å². The van der Waals surface area contributed by atoms with E-state index < -0.39 is 6.04 Å². The summed E-state index contributed by atoms with van der Waals surface area (Å²) in [6.07, 6.45) is 0. The minimum Gasteiger partial charge on any atom is -0.352 e. The molecule has 0 bridgehead atoms. The number of halogens is 1. The molecule has 4 nitrogen and oxygen atoms in total. The fraction of sp³-hybridized carbons (Fsp3) is 0.391. The Morgan fingerprint density at radius 3 is 2.28 bits per heavy atom. The molecule has 6 heteroatoms. The molecule has 0 saturated carbocycles. The summed E-state index contributed by atoms with van der Waals surface area (Å²) in [7, 11) is 0. The lowest BCUT2D eigenvalue weighted by Gasteiger charge is -2.29. The smallest absolute Gasteiger partial charge is 0.242 e. The maximum Gasteiger partial charge on any atom is 0.242 e. The monoisotopic (exact) mass is 416 g/mol. The molecule has 2 aromatic carbocycles. The van der Waals surface area contributed by atoms with Crippen LogP contribution in [0.1, 0.15) is 37.5 Å². The molecule has 0 radical (unpaired) electrons. The van der Waals surface area contributed by atoms with Crippen molar-refractivity contribution in [1.82, 2.24) is 10.2 Å². The molecule has 2 amide bonds. The highest BCUT2D eigenvalue weighted by atomic mass is 32.2. The number of rotatable bonds is 9. The molecular weight excluding hydrogens is 387 g/mol. The number of nitrogens with one attached hydrogen (secondary N) is 1. The van der Waals surface area contributed by atoms with Gasteiger partial charge in [0.2, 0.25) is 11.8 Å². The van der Waals surface area contributed by atoms with Crippen LogP contribution in [0.3, 0.4) is 0 Å². The molecular formula is C23H29FN2O2S. The van der Waals surface area contributed by atoms with Crippen LogP contribution in [0.5, 0.6) is 0 Å². The standard InChI is InChI=1S/C23H29FN2O2S/c1-16(2)25-23(28)18(4)26(13-19-10-7-8-12-21(19)24)22(27)15-29-14-20-11-6-5-9-17(20)3/h5-12,16,18H,13-15H2,1-4H3,(H,25,28)/t18-/m1/s1. The molecule has 0 aliphatic heterocycles. The van der Waals surface area contributed by atoms with E-state index in [0.29, 0.717) is 11.3 Å². The van der Waals surface area contributed by atoms with Crippen LogP contribution in [0.4, 0.5) is 4.39 Å². The Balaban J connectivity index is 2.10. The molecule has 0 fully saturated rings. The van der Waals surface area contributed by atoms with E-state index in [9.17, 15) is 14.0 Å². The minimum atomic E-state index is -0.691. The Kier molecular flexibility index (Phi) is 8.70. The average Bonchev–Trinajstić information content (AvgIpc) is 2.67. The summed E-state index contributed by atoms with van der Waals surface area (Å²) in [5.41, 5.74) is 2.76. The summed E-state index contributed by atoms with van der Waals surface area (Å²) < 4.78 is 14.2. The Labute approximate surface area is 176 Å². The lowest BCUT2D eigenvalue weighted by atomic mass is 10.1. The Morgan fingerprint density at radius 1 is 1.03 bits per heavy atom. The maximum absolute atomic E-state index is 14.2. The largest absolute Gasteiger partial charge is 0.352 e. The number of hydrogen-bond donors (Lipinski definition) is 1. The highest BCUT2D eigenvalue weighted by Gasteiger charge is 2.27. The average molecular weight is 417 g/mol. The van der Waals surface area contributed by atoms with Gasteiger partial charge in [-0.15, -0.1) is 11.8 Å². The zero-order valence-electron chi connectivity index (χ0n) is 17.4. The third kappa shape index (κ3) is 6.89. The van der Waals surface area contributed by atoms with Crippen molar-refractivity contribution >= 4 is 23.6 Å². The molecule has 29 heavy (non-hydrogen) atoms. The molecule has 0 saturated heterocycles. The van der Waals surface area contributed by atoms with Crippen LogP contribution in [0.15, 0.2) is 48.5 Å². The fourth-order valence-corrected chi connectivity index (χ4v) is 3.89. The zero-order chi connectivity index (χ0) is 21.4. The van der Waals surface area contributed by atoms with Crippen LogP contribution in [-0.4, -0.2) is 34.6 Å². The van der Waals surface area contributed by atoms with Gasteiger partial charge in [0.25, 0.3) is 0 Å². The van der Waals surface area contributed by atoms with Crippen molar-refractivity contribution in [2.75, 3.05) is 5.75 Å². The van der Waals surface area contributed by atoms with E-state index >= 15 is 0 Å². The van der Waals surface area contributed by atoms with E-state index in [4.69, 9.17) is 0 Å². The highest BCUT2D eigenvalue weighted by Crippen LogP contribution is 2.19.